The van der Waals surface area contributed by atoms with Crippen molar-refractivity contribution in [3.8, 4) is 0 Å². The molecule has 2 aliphatic rings. The molecule has 1 amide bonds. The molecule has 0 atom stereocenters. The zero-order chi connectivity index (χ0) is 20.1. The lowest BCUT2D eigenvalue weighted by molar-refractivity contribution is -0.149. The number of amides is 1. The number of carbonyl (C=O) groups excluding carboxylic acids is 2. The number of piperidine rings is 1. The SMILES string of the molecule is CCOC(=O)C1CCN(C(=O)c2cccc(S(=O)(=O)NC3CCCC3)c2)CC1. The summed E-state index contributed by atoms with van der Waals surface area (Å²) in [5.74, 6) is -0.591. The topological polar surface area (TPSA) is 92.8 Å². The van der Waals surface area contributed by atoms with Crippen LogP contribution in [0.1, 0.15) is 55.8 Å². The van der Waals surface area contributed by atoms with Gasteiger partial charge in [-0.3, -0.25) is 9.59 Å². The van der Waals surface area contributed by atoms with Gasteiger partial charge in [-0.1, -0.05) is 18.9 Å². The Hall–Kier alpha value is -1.93. The molecule has 1 aliphatic carbocycles. The van der Waals surface area contributed by atoms with Crippen LogP contribution in [-0.4, -0.2) is 50.9 Å². The first-order valence-corrected chi connectivity index (χ1v) is 11.5. The van der Waals surface area contributed by atoms with E-state index in [1.54, 1.807) is 24.0 Å². The molecular formula is C20H28N2O5S. The van der Waals surface area contributed by atoms with Crippen molar-refractivity contribution in [1.82, 2.24) is 9.62 Å². The zero-order valence-electron chi connectivity index (χ0n) is 16.2. The Bertz CT molecular complexity index is 810. The highest BCUT2D eigenvalue weighted by Gasteiger charge is 2.29. The van der Waals surface area contributed by atoms with Gasteiger partial charge in [-0.25, -0.2) is 13.1 Å². The van der Waals surface area contributed by atoms with Gasteiger partial charge in [-0.05, 0) is 50.8 Å². The largest absolute Gasteiger partial charge is 0.466 e. The second-order valence-electron chi connectivity index (χ2n) is 7.45. The van der Waals surface area contributed by atoms with Gasteiger partial charge in [0.25, 0.3) is 5.91 Å². The fourth-order valence-electron chi connectivity index (χ4n) is 3.89. The van der Waals surface area contributed by atoms with E-state index in [1.165, 1.54) is 12.1 Å². The molecule has 0 bridgehead atoms. The Morgan fingerprint density at radius 2 is 1.82 bits per heavy atom. The van der Waals surface area contributed by atoms with Crippen LogP contribution in [0.25, 0.3) is 0 Å². The summed E-state index contributed by atoms with van der Waals surface area (Å²) >= 11 is 0. The van der Waals surface area contributed by atoms with Crippen LogP contribution in [0.15, 0.2) is 29.2 Å². The number of hydrogen-bond donors (Lipinski definition) is 1. The zero-order valence-corrected chi connectivity index (χ0v) is 17.0. The summed E-state index contributed by atoms with van der Waals surface area (Å²) in [6.07, 6.45) is 4.90. The van der Waals surface area contributed by atoms with E-state index >= 15 is 0 Å². The van der Waals surface area contributed by atoms with Crippen molar-refractivity contribution >= 4 is 21.9 Å². The van der Waals surface area contributed by atoms with Crippen molar-refractivity contribution in [1.29, 1.82) is 0 Å². The van der Waals surface area contributed by atoms with E-state index in [4.69, 9.17) is 4.74 Å². The van der Waals surface area contributed by atoms with E-state index in [0.717, 1.165) is 25.7 Å². The molecule has 1 aliphatic heterocycles. The van der Waals surface area contributed by atoms with E-state index in [0.29, 0.717) is 38.1 Å². The van der Waals surface area contributed by atoms with Crippen LogP contribution in [0.4, 0.5) is 0 Å². The minimum atomic E-state index is -3.64. The Balaban J connectivity index is 1.65. The predicted molar refractivity (Wildman–Crippen MR) is 104 cm³/mol. The van der Waals surface area contributed by atoms with Gasteiger partial charge in [0.1, 0.15) is 0 Å². The first-order chi connectivity index (χ1) is 13.4. The van der Waals surface area contributed by atoms with Crippen molar-refractivity contribution in [3.05, 3.63) is 29.8 Å². The lowest BCUT2D eigenvalue weighted by Crippen LogP contribution is -2.40. The summed E-state index contributed by atoms with van der Waals surface area (Å²) in [6.45, 7) is 3.05. The van der Waals surface area contributed by atoms with Crippen molar-refractivity contribution in [2.75, 3.05) is 19.7 Å². The molecule has 7 nitrogen and oxygen atoms in total. The minimum absolute atomic E-state index is 0.0220. The maximum atomic E-state index is 12.8. The van der Waals surface area contributed by atoms with E-state index in [-0.39, 0.29) is 28.7 Å². The highest BCUT2D eigenvalue weighted by atomic mass is 32.2. The number of ether oxygens (including phenoxy) is 1. The van der Waals surface area contributed by atoms with Gasteiger partial charge >= 0.3 is 5.97 Å². The first-order valence-electron chi connectivity index (χ1n) is 9.99. The first kappa shape index (κ1) is 20.8. The molecule has 1 aromatic rings. The average Bonchev–Trinajstić information content (AvgIpc) is 3.20. The molecule has 1 heterocycles. The van der Waals surface area contributed by atoms with E-state index < -0.39 is 10.0 Å². The Morgan fingerprint density at radius 1 is 1.14 bits per heavy atom. The maximum absolute atomic E-state index is 12.8. The van der Waals surface area contributed by atoms with Gasteiger partial charge in [-0.2, -0.15) is 0 Å². The number of hydrogen-bond acceptors (Lipinski definition) is 5. The molecule has 1 saturated carbocycles. The number of rotatable bonds is 6. The van der Waals surface area contributed by atoms with Crippen LogP contribution in [-0.2, 0) is 19.6 Å². The Labute approximate surface area is 166 Å². The van der Waals surface area contributed by atoms with Gasteiger partial charge < -0.3 is 9.64 Å². The fraction of sp³-hybridized carbons (Fsp3) is 0.600. The van der Waals surface area contributed by atoms with E-state index in [1.807, 2.05) is 0 Å². The van der Waals surface area contributed by atoms with E-state index in [2.05, 4.69) is 4.72 Å². The van der Waals surface area contributed by atoms with Crippen molar-refractivity contribution in [2.24, 2.45) is 5.92 Å². The molecule has 0 aromatic heterocycles. The average molecular weight is 409 g/mol. The molecule has 8 heteroatoms. The monoisotopic (exact) mass is 408 g/mol. The van der Waals surface area contributed by atoms with Crippen molar-refractivity contribution < 1.29 is 22.7 Å². The van der Waals surface area contributed by atoms with Crippen LogP contribution in [0, 0.1) is 5.92 Å². The number of carbonyl (C=O) groups is 2. The normalized spacial score (nSPS) is 19.0. The molecule has 2 fully saturated rings. The Morgan fingerprint density at radius 3 is 2.46 bits per heavy atom. The van der Waals surface area contributed by atoms with Crippen LogP contribution in [0.3, 0.4) is 0 Å². The summed E-state index contributed by atoms with van der Waals surface area (Å²) < 4.78 is 33.1. The Kier molecular flexibility index (Phi) is 6.72. The quantitative estimate of drug-likeness (QED) is 0.729. The molecule has 3 rings (SSSR count). The summed E-state index contributed by atoms with van der Waals surface area (Å²) in [5, 5.41) is 0. The van der Waals surface area contributed by atoms with Crippen LogP contribution < -0.4 is 4.72 Å². The number of likely N-dealkylation sites (tertiary alicyclic amines) is 1. The highest BCUT2D eigenvalue weighted by Crippen LogP contribution is 2.23. The van der Waals surface area contributed by atoms with Crippen LogP contribution in [0.2, 0.25) is 0 Å². The lowest BCUT2D eigenvalue weighted by atomic mass is 9.96. The number of nitrogens with one attached hydrogen (secondary N) is 1. The molecule has 0 radical (unpaired) electrons. The number of nitrogens with zero attached hydrogens (tertiary/aromatic N) is 1. The third-order valence-corrected chi connectivity index (χ3v) is 6.99. The summed E-state index contributed by atoms with van der Waals surface area (Å²) in [5.41, 5.74) is 0.351. The van der Waals surface area contributed by atoms with E-state index in [9.17, 15) is 18.0 Å². The second-order valence-corrected chi connectivity index (χ2v) is 9.16. The van der Waals surface area contributed by atoms with Crippen LogP contribution in [0.5, 0.6) is 0 Å². The van der Waals surface area contributed by atoms with Gasteiger partial charge in [0.2, 0.25) is 10.0 Å². The molecule has 1 saturated heterocycles. The van der Waals surface area contributed by atoms with Crippen LogP contribution >= 0.6 is 0 Å². The molecule has 0 unspecified atom stereocenters. The van der Waals surface area contributed by atoms with Crippen molar-refractivity contribution in [3.63, 3.8) is 0 Å². The summed E-state index contributed by atoms with van der Waals surface area (Å²) in [4.78, 5) is 26.5. The van der Waals surface area contributed by atoms with Crippen molar-refractivity contribution in [2.45, 2.75) is 56.4 Å². The predicted octanol–water partition coefficient (Wildman–Crippen LogP) is 2.32. The van der Waals surface area contributed by atoms with Gasteiger partial charge in [-0.15, -0.1) is 0 Å². The number of sulfonamides is 1. The molecule has 28 heavy (non-hydrogen) atoms. The molecule has 154 valence electrons. The number of esters is 1. The lowest BCUT2D eigenvalue weighted by Gasteiger charge is -2.31. The van der Waals surface area contributed by atoms with Gasteiger partial charge in [0.05, 0.1) is 17.4 Å². The third kappa shape index (κ3) is 4.91. The molecule has 1 N–H and O–H groups in total. The standard InChI is InChI=1S/C20H28N2O5S/c1-2-27-20(24)15-10-12-22(13-11-15)19(23)16-6-5-9-18(14-16)28(25,26)21-17-7-3-4-8-17/h5-6,9,14-15,17,21H,2-4,7-8,10-13H2,1H3. The maximum Gasteiger partial charge on any atom is 0.309 e. The smallest absolute Gasteiger partial charge is 0.309 e. The highest BCUT2D eigenvalue weighted by molar-refractivity contribution is 7.89. The molecular weight excluding hydrogens is 380 g/mol. The summed E-state index contributed by atoms with van der Waals surface area (Å²) in [6, 6.07) is 6.17. The second kappa shape index (κ2) is 9.05. The summed E-state index contributed by atoms with van der Waals surface area (Å²) in [7, 11) is -3.64. The minimum Gasteiger partial charge on any atom is -0.466 e. The molecule has 1 aromatic carbocycles. The van der Waals surface area contributed by atoms with Gasteiger partial charge in [0.15, 0.2) is 0 Å². The fourth-order valence-corrected chi connectivity index (χ4v) is 5.24. The third-order valence-electron chi connectivity index (χ3n) is 5.47. The van der Waals surface area contributed by atoms with Gasteiger partial charge in [0, 0.05) is 24.7 Å². The molecule has 0 spiro atoms. The number of benzene rings is 1.